The highest BCUT2D eigenvalue weighted by Gasteiger charge is 2.32. The second kappa shape index (κ2) is 9.26. The van der Waals surface area contributed by atoms with Gasteiger partial charge >= 0.3 is 6.18 Å². The van der Waals surface area contributed by atoms with Crippen LogP contribution >= 0.6 is 0 Å². The number of aromatic amines is 1. The molecule has 0 saturated carbocycles. The summed E-state index contributed by atoms with van der Waals surface area (Å²) in [7, 11) is 0. The summed E-state index contributed by atoms with van der Waals surface area (Å²) in [5.41, 5.74) is -0.00947. The Morgan fingerprint density at radius 3 is 2.74 bits per heavy atom. The molecule has 178 valence electrons. The van der Waals surface area contributed by atoms with Gasteiger partial charge in [0.1, 0.15) is 17.8 Å². The first kappa shape index (κ1) is 23.4. The molecule has 3 aromatic heterocycles. The lowest BCUT2D eigenvalue weighted by molar-refractivity contribution is -0.140. The number of alkyl halides is 3. The maximum absolute atomic E-state index is 13.2. The molecule has 12 heteroatoms. The van der Waals surface area contributed by atoms with Crippen molar-refractivity contribution in [2.45, 2.75) is 32.0 Å². The number of hydrogen-bond acceptors (Lipinski definition) is 7. The molecule has 1 saturated heterocycles. The van der Waals surface area contributed by atoms with Crippen LogP contribution in [0.2, 0.25) is 0 Å². The Morgan fingerprint density at radius 1 is 1.35 bits per heavy atom. The summed E-state index contributed by atoms with van der Waals surface area (Å²) in [6, 6.07) is 2.96. The molecule has 3 N–H and O–H groups in total. The third-order valence-electron chi connectivity index (χ3n) is 5.86. The van der Waals surface area contributed by atoms with Crippen LogP contribution in [0, 0.1) is 17.2 Å². The number of likely N-dealkylation sites (tertiary alicyclic amines) is 1. The number of piperidine rings is 1. The highest BCUT2D eigenvalue weighted by Crippen LogP contribution is 2.34. The Balaban J connectivity index is 1.53. The van der Waals surface area contributed by atoms with Gasteiger partial charge in [-0.15, -0.1) is 0 Å². The summed E-state index contributed by atoms with van der Waals surface area (Å²) >= 11 is 0. The molecule has 4 heterocycles. The monoisotopic (exact) mass is 473 g/mol. The van der Waals surface area contributed by atoms with E-state index in [-0.39, 0.29) is 40.1 Å². The standard InChI is InChI=1S/C22H22F3N7O2/c1-12(33)20(34)32-4-2-13(3-5-32)8-29-21-30-9-14(7-26)18(31-21)17-11-28-19-16(17)6-15(10-27-19)22(23,24)25/h6,9-13,33H,2-5,8H2,1H3,(H,27,28)(H,29,30,31)/t12-/m1/s1. The number of hydrogen-bond donors (Lipinski definition) is 3. The number of H-pyrrole nitrogens is 1. The SMILES string of the molecule is C[C@@H](O)C(=O)N1CCC(CNc2ncc(C#N)c(-c3c[nH]c4ncc(C(F)(F)F)cc34)n2)CC1. The van der Waals surface area contributed by atoms with Gasteiger partial charge in [0.2, 0.25) is 5.95 Å². The third kappa shape index (κ3) is 4.79. The van der Waals surface area contributed by atoms with Crippen LogP contribution < -0.4 is 5.32 Å². The molecule has 3 aromatic rings. The minimum Gasteiger partial charge on any atom is -0.384 e. The highest BCUT2D eigenvalue weighted by atomic mass is 19.4. The molecule has 0 aromatic carbocycles. The first-order chi connectivity index (χ1) is 16.2. The number of nitrogens with zero attached hydrogens (tertiary/aromatic N) is 5. The van der Waals surface area contributed by atoms with Crippen molar-refractivity contribution in [3.63, 3.8) is 0 Å². The van der Waals surface area contributed by atoms with Crippen molar-refractivity contribution >= 4 is 22.9 Å². The van der Waals surface area contributed by atoms with Crippen molar-refractivity contribution in [2.24, 2.45) is 5.92 Å². The van der Waals surface area contributed by atoms with Crippen LogP contribution in [0.4, 0.5) is 19.1 Å². The summed E-state index contributed by atoms with van der Waals surface area (Å²) in [5.74, 6) is 0.200. The van der Waals surface area contributed by atoms with Crippen molar-refractivity contribution in [1.82, 2.24) is 24.8 Å². The summed E-state index contributed by atoms with van der Waals surface area (Å²) in [6.07, 6.45) is -0.547. The van der Waals surface area contributed by atoms with Gasteiger partial charge in [-0.05, 0) is 31.7 Å². The number of halogens is 3. The Kier molecular flexibility index (Phi) is 6.39. The smallest absolute Gasteiger partial charge is 0.384 e. The number of nitriles is 1. The first-order valence-corrected chi connectivity index (χ1v) is 10.7. The van der Waals surface area contributed by atoms with Crippen LogP contribution in [0.1, 0.15) is 30.9 Å². The number of aliphatic hydroxyl groups is 1. The molecule has 34 heavy (non-hydrogen) atoms. The van der Waals surface area contributed by atoms with E-state index in [1.165, 1.54) is 19.3 Å². The Hall–Kier alpha value is -3.72. The zero-order valence-electron chi connectivity index (χ0n) is 18.2. The minimum atomic E-state index is -4.55. The molecule has 0 radical (unpaired) electrons. The van der Waals surface area contributed by atoms with Crippen LogP contribution in [-0.4, -0.2) is 61.6 Å². The minimum absolute atomic E-state index is 0.119. The average molecular weight is 473 g/mol. The van der Waals surface area contributed by atoms with Crippen molar-refractivity contribution in [2.75, 3.05) is 25.0 Å². The van der Waals surface area contributed by atoms with Gasteiger partial charge in [0.05, 0.1) is 23.0 Å². The van der Waals surface area contributed by atoms with Crippen molar-refractivity contribution in [1.29, 1.82) is 5.26 Å². The summed E-state index contributed by atoms with van der Waals surface area (Å²) < 4.78 is 39.5. The van der Waals surface area contributed by atoms with E-state index in [4.69, 9.17) is 0 Å². The molecule has 1 amide bonds. The Morgan fingerprint density at radius 2 is 2.09 bits per heavy atom. The lowest BCUT2D eigenvalue weighted by Crippen LogP contribution is -2.43. The molecule has 0 aliphatic carbocycles. The van der Waals surface area contributed by atoms with Crippen LogP contribution in [0.5, 0.6) is 0 Å². The molecule has 1 fully saturated rings. The lowest BCUT2D eigenvalue weighted by Gasteiger charge is -2.32. The van der Waals surface area contributed by atoms with Crippen molar-refractivity contribution < 1.29 is 23.1 Å². The molecule has 9 nitrogen and oxygen atoms in total. The van der Waals surface area contributed by atoms with E-state index in [1.54, 1.807) is 4.90 Å². The van der Waals surface area contributed by atoms with Gasteiger partial charge < -0.3 is 20.3 Å². The quantitative estimate of drug-likeness (QED) is 0.519. The van der Waals surface area contributed by atoms with Gasteiger partial charge in [-0.25, -0.2) is 15.0 Å². The Bertz CT molecular complexity index is 1240. The fraction of sp³-hybridized carbons (Fsp3) is 0.409. The Labute approximate surface area is 192 Å². The van der Waals surface area contributed by atoms with Crippen LogP contribution in [0.25, 0.3) is 22.3 Å². The van der Waals surface area contributed by atoms with Gasteiger partial charge in [-0.1, -0.05) is 0 Å². The van der Waals surface area contributed by atoms with E-state index in [1.807, 2.05) is 6.07 Å². The van der Waals surface area contributed by atoms with E-state index in [0.29, 0.717) is 25.2 Å². The highest BCUT2D eigenvalue weighted by molar-refractivity contribution is 5.94. The maximum Gasteiger partial charge on any atom is 0.417 e. The summed E-state index contributed by atoms with van der Waals surface area (Å²) in [6.45, 7) is 3.05. The predicted octanol–water partition coefficient (Wildman–Crippen LogP) is 2.94. The molecule has 0 bridgehead atoms. The number of rotatable bonds is 5. The number of aliphatic hydroxyl groups excluding tert-OH is 1. The molecular formula is C22H22F3N7O2. The predicted molar refractivity (Wildman–Crippen MR) is 116 cm³/mol. The molecule has 0 spiro atoms. The largest absolute Gasteiger partial charge is 0.417 e. The fourth-order valence-corrected chi connectivity index (χ4v) is 3.97. The van der Waals surface area contributed by atoms with Gasteiger partial charge in [-0.2, -0.15) is 18.4 Å². The zero-order chi connectivity index (χ0) is 24.5. The molecule has 4 rings (SSSR count). The molecule has 1 aliphatic heterocycles. The van der Waals surface area contributed by atoms with Crippen molar-refractivity contribution in [3.05, 3.63) is 35.8 Å². The number of anilines is 1. The zero-order valence-corrected chi connectivity index (χ0v) is 18.2. The molecule has 0 unspecified atom stereocenters. The number of amides is 1. The maximum atomic E-state index is 13.2. The summed E-state index contributed by atoms with van der Waals surface area (Å²) in [4.78, 5) is 28.8. The molecular weight excluding hydrogens is 451 g/mol. The van der Waals surface area contributed by atoms with E-state index >= 15 is 0 Å². The molecule has 1 atom stereocenters. The number of fused-ring (bicyclic) bond motifs is 1. The topological polar surface area (TPSA) is 131 Å². The fourth-order valence-electron chi connectivity index (χ4n) is 3.97. The van der Waals surface area contributed by atoms with Crippen LogP contribution in [0.15, 0.2) is 24.7 Å². The third-order valence-corrected chi connectivity index (χ3v) is 5.86. The van der Waals surface area contributed by atoms with Crippen LogP contribution in [0.3, 0.4) is 0 Å². The van der Waals surface area contributed by atoms with E-state index in [0.717, 1.165) is 25.1 Å². The number of pyridine rings is 1. The lowest BCUT2D eigenvalue weighted by atomic mass is 9.96. The molecule has 1 aliphatic rings. The van der Waals surface area contributed by atoms with Gasteiger partial charge in [0.15, 0.2) is 0 Å². The number of nitrogens with one attached hydrogen (secondary N) is 2. The van der Waals surface area contributed by atoms with Crippen LogP contribution in [-0.2, 0) is 11.0 Å². The number of carbonyl (C=O) groups is 1. The van der Waals surface area contributed by atoms with Gasteiger partial charge in [0, 0.05) is 43.0 Å². The number of carbonyl (C=O) groups excluding carboxylic acids is 1. The normalized spacial score (nSPS) is 15.8. The van der Waals surface area contributed by atoms with E-state index in [9.17, 15) is 28.3 Å². The van der Waals surface area contributed by atoms with E-state index < -0.39 is 17.8 Å². The van der Waals surface area contributed by atoms with Gasteiger partial charge in [-0.3, -0.25) is 4.79 Å². The first-order valence-electron chi connectivity index (χ1n) is 10.7. The van der Waals surface area contributed by atoms with E-state index in [2.05, 4.69) is 25.3 Å². The second-order valence-corrected chi connectivity index (χ2v) is 8.21. The summed E-state index contributed by atoms with van der Waals surface area (Å²) in [5, 5.41) is 22.3. The average Bonchev–Trinajstić information content (AvgIpc) is 3.25. The van der Waals surface area contributed by atoms with Crippen molar-refractivity contribution in [3.8, 4) is 17.3 Å². The van der Waals surface area contributed by atoms with Gasteiger partial charge in [0.25, 0.3) is 5.91 Å². The second-order valence-electron chi connectivity index (χ2n) is 8.21. The number of aromatic nitrogens is 4.